The molecule has 0 fully saturated rings. The molecule has 8 heteroatoms. The first-order valence-electron chi connectivity index (χ1n) is 8.43. The SMILES string of the molecule is Cc1ccc2cccc(OCCNC(=O)c3cc(=O)n(C)c(=O)n3C)c2n1. The molecule has 1 N–H and O–H groups in total. The number of rotatable bonds is 5. The van der Waals surface area contributed by atoms with Crippen LogP contribution in [0.15, 0.2) is 46.0 Å². The Hall–Kier alpha value is -3.42. The van der Waals surface area contributed by atoms with Crippen LogP contribution >= 0.6 is 0 Å². The van der Waals surface area contributed by atoms with Crippen molar-refractivity contribution >= 4 is 16.8 Å². The molecule has 0 unspecified atom stereocenters. The summed E-state index contributed by atoms with van der Waals surface area (Å²) in [5, 5.41) is 3.62. The fourth-order valence-corrected chi connectivity index (χ4v) is 2.70. The minimum absolute atomic E-state index is 0.00514. The molecule has 2 heterocycles. The van der Waals surface area contributed by atoms with E-state index in [1.54, 1.807) is 0 Å². The van der Waals surface area contributed by atoms with E-state index in [0.717, 1.165) is 31.8 Å². The Morgan fingerprint density at radius 3 is 2.70 bits per heavy atom. The summed E-state index contributed by atoms with van der Waals surface area (Å²) < 4.78 is 7.82. The summed E-state index contributed by atoms with van der Waals surface area (Å²) in [5.74, 6) is 0.120. The van der Waals surface area contributed by atoms with Crippen LogP contribution in [-0.4, -0.2) is 33.2 Å². The van der Waals surface area contributed by atoms with E-state index in [9.17, 15) is 14.4 Å². The van der Waals surface area contributed by atoms with Gasteiger partial charge in [-0.05, 0) is 19.1 Å². The maximum atomic E-state index is 12.3. The van der Waals surface area contributed by atoms with Crippen LogP contribution in [0.4, 0.5) is 0 Å². The molecule has 0 aliphatic carbocycles. The van der Waals surface area contributed by atoms with E-state index in [2.05, 4.69) is 10.3 Å². The molecule has 0 spiro atoms. The van der Waals surface area contributed by atoms with Gasteiger partial charge in [-0.3, -0.25) is 18.7 Å². The fourth-order valence-electron chi connectivity index (χ4n) is 2.70. The predicted molar refractivity (Wildman–Crippen MR) is 101 cm³/mol. The summed E-state index contributed by atoms with van der Waals surface area (Å²) in [6.45, 7) is 2.34. The summed E-state index contributed by atoms with van der Waals surface area (Å²) in [4.78, 5) is 40.4. The molecule has 140 valence electrons. The van der Waals surface area contributed by atoms with Crippen LogP contribution in [0.1, 0.15) is 16.2 Å². The van der Waals surface area contributed by atoms with Gasteiger partial charge in [-0.2, -0.15) is 0 Å². The maximum Gasteiger partial charge on any atom is 0.331 e. The Morgan fingerprint density at radius 2 is 1.93 bits per heavy atom. The number of para-hydroxylation sites is 1. The van der Waals surface area contributed by atoms with Gasteiger partial charge in [-0.15, -0.1) is 0 Å². The van der Waals surface area contributed by atoms with Crippen molar-refractivity contribution < 1.29 is 9.53 Å². The van der Waals surface area contributed by atoms with Crippen molar-refractivity contribution in [1.82, 2.24) is 19.4 Å². The zero-order valence-electron chi connectivity index (χ0n) is 15.4. The first kappa shape index (κ1) is 18.4. The van der Waals surface area contributed by atoms with Crippen molar-refractivity contribution in [1.29, 1.82) is 0 Å². The van der Waals surface area contributed by atoms with E-state index >= 15 is 0 Å². The Kier molecular flexibility index (Phi) is 5.07. The number of aromatic nitrogens is 3. The highest BCUT2D eigenvalue weighted by atomic mass is 16.5. The monoisotopic (exact) mass is 368 g/mol. The normalized spacial score (nSPS) is 10.8. The van der Waals surface area contributed by atoms with Gasteiger partial charge in [0.15, 0.2) is 0 Å². The summed E-state index contributed by atoms with van der Waals surface area (Å²) in [5.41, 5.74) is 0.569. The molecule has 1 aromatic carbocycles. The number of nitrogens with one attached hydrogen (secondary N) is 1. The third-order valence-corrected chi connectivity index (χ3v) is 4.23. The van der Waals surface area contributed by atoms with Gasteiger partial charge >= 0.3 is 5.69 Å². The quantitative estimate of drug-likeness (QED) is 0.671. The molecule has 0 bridgehead atoms. The first-order valence-corrected chi connectivity index (χ1v) is 8.43. The van der Waals surface area contributed by atoms with E-state index in [0.29, 0.717) is 5.75 Å². The number of benzene rings is 1. The Morgan fingerprint density at radius 1 is 1.15 bits per heavy atom. The van der Waals surface area contributed by atoms with Gasteiger partial charge in [-0.1, -0.05) is 18.2 Å². The van der Waals surface area contributed by atoms with Crippen LogP contribution in [0.25, 0.3) is 10.9 Å². The number of carbonyl (C=O) groups excluding carboxylic acids is 1. The molecule has 0 atom stereocenters. The highest BCUT2D eigenvalue weighted by Gasteiger charge is 2.13. The van der Waals surface area contributed by atoms with Gasteiger partial charge in [0.25, 0.3) is 11.5 Å². The summed E-state index contributed by atoms with van der Waals surface area (Å²) in [6, 6.07) is 10.7. The third kappa shape index (κ3) is 3.74. The highest BCUT2D eigenvalue weighted by Crippen LogP contribution is 2.23. The number of fused-ring (bicyclic) bond motifs is 1. The number of amides is 1. The number of hydrogen-bond donors (Lipinski definition) is 1. The van der Waals surface area contributed by atoms with Crippen LogP contribution in [0, 0.1) is 6.92 Å². The number of carbonyl (C=O) groups is 1. The molecular weight excluding hydrogens is 348 g/mol. The Labute approximate surface area is 155 Å². The van der Waals surface area contributed by atoms with Gasteiger partial charge < -0.3 is 10.1 Å². The molecule has 0 aliphatic rings. The number of pyridine rings is 1. The molecule has 2 aromatic heterocycles. The summed E-state index contributed by atoms with van der Waals surface area (Å²) in [6.07, 6.45) is 0. The van der Waals surface area contributed by atoms with E-state index in [-0.39, 0.29) is 18.8 Å². The van der Waals surface area contributed by atoms with Crippen molar-refractivity contribution in [2.45, 2.75) is 6.92 Å². The molecule has 1 amide bonds. The van der Waals surface area contributed by atoms with E-state index in [4.69, 9.17) is 4.74 Å². The zero-order valence-corrected chi connectivity index (χ0v) is 15.4. The van der Waals surface area contributed by atoms with Crippen LogP contribution in [0.5, 0.6) is 5.75 Å². The average molecular weight is 368 g/mol. The molecule has 8 nitrogen and oxygen atoms in total. The van der Waals surface area contributed by atoms with Gasteiger partial charge in [0.05, 0.1) is 6.54 Å². The van der Waals surface area contributed by atoms with Crippen molar-refractivity contribution in [2.24, 2.45) is 14.1 Å². The van der Waals surface area contributed by atoms with Crippen molar-refractivity contribution in [3.8, 4) is 5.75 Å². The molecule has 0 radical (unpaired) electrons. The summed E-state index contributed by atoms with van der Waals surface area (Å²) in [7, 11) is 2.80. The molecule has 0 saturated carbocycles. The zero-order chi connectivity index (χ0) is 19.6. The Bertz CT molecular complexity index is 1130. The second-order valence-corrected chi connectivity index (χ2v) is 6.15. The minimum atomic E-state index is -0.555. The molecule has 0 aliphatic heterocycles. The number of ether oxygens (including phenoxy) is 1. The summed E-state index contributed by atoms with van der Waals surface area (Å²) >= 11 is 0. The first-order chi connectivity index (χ1) is 12.9. The second kappa shape index (κ2) is 7.45. The van der Waals surface area contributed by atoms with E-state index in [1.165, 1.54) is 14.1 Å². The van der Waals surface area contributed by atoms with Crippen LogP contribution in [0.3, 0.4) is 0 Å². The van der Waals surface area contributed by atoms with Crippen molar-refractivity contribution in [2.75, 3.05) is 13.2 Å². The Balaban J connectivity index is 1.66. The smallest absolute Gasteiger partial charge is 0.331 e. The predicted octanol–water partition coefficient (Wildman–Crippen LogP) is 0.749. The van der Waals surface area contributed by atoms with Gasteiger partial charge in [-0.25, -0.2) is 9.78 Å². The van der Waals surface area contributed by atoms with Crippen LogP contribution < -0.4 is 21.3 Å². The topological polar surface area (TPSA) is 95.2 Å². The molecule has 0 saturated heterocycles. The van der Waals surface area contributed by atoms with Crippen molar-refractivity contribution in [3.05, 3.63) is 68.6 Å². The molecule has 27 heavy (non-hydrogen) atoms. The van der Waals surface area contributed by atoms with Gasteiger partial charge in [0.2, 0.25) is 0 Å². The lowest BCUT2D eigenvalue weighted by atomic mass is 10.2. The largest absolute Gasteiger partial charge is 0.489 e. The standard InChI is InChI=1S/C19H20N4O4/c1-12-7-8-13-5-4-6-15(17(13)21-12)27-10-9-20-18(25)14-11-16(24)23(3)19(26)22(14)2/h4-8,11H,9-10H2,1-3H3,(H,20,25). The van der Waals surface area contributed by atoms with E-state index in [1.807, 2.05) is 37.3 Å². The average Bonchev–Trinajstić information content (AvgIpc) is 2.66. The molecular formula is C19H20N4O4. The lowest BCUT2D eigenvalue weighted by molar-refractivity contribution is 0.0937. The number of hydrogen-bond acceptors (Lipinski definition) is 5. The number of nitrogens with zero attached hydrogens (tertiary/aromatic N) is 3. The highest BCUT2D eigenvalue weighted by molar-refractivity contribution is 5.92. The fraction of sp³-hybridized carbons (Fsp3) is 0.263. The van der Waals surface area contributed by atoms with E-state index < -0.39 is 17.2 Å². The molecule has 3 rings (SSSR count). The second-order valence-electron chi connectivity index (χ2n) is 6.15. The van der Waals surface area contributed by atoms with Crippen LogP contribution in [-0.2, 0) is 14.1 Å². The maximum absolute atomic E-state index is 12.3. The molecule has 3 aromatic rings. The minimum Gasteiger partial charge on any atom is -0.489 e. The lowest BCUT2D eigenvalue weighted by Gasteiger charge is -2.11. The third-order valence-electron chi connectivity index (χ3n) is 4.23. The number of aryl methyl sites for hydroxylation is 1. The van der Waals surface area contributed by atoms with Crippen LogP contribution in [0.2, 0.25) is 0 Å². The lowest BCUT2D eigenvalue weighted by Crippen LogP contribution is -2.41. The van der Waals surface area contributed by atoms with Gasteiger partial charge in [0, 0.05) is 31.2 Å². The van der Waals surface area contributed by atoms with Gasteiger partial charge in [0.1, 0.15) is 23.6 Å². The van der Waals surface area contributed by atoms with Crippen molar-refractivity contribution in [3.63, 3.8) is 0 Å².